The van der Waals surface area contributed by atoms with Crippen molar-refractivity contribution in [2.24, 2.45) is 0 Å². The van der Waals surface area contributed by atoms with Crippen molar-refractivity contribution >= 4 is 51.9 Å². The zero-order valence-electron chi connectivity index (χ0n) is 17.0. The third-order valence-corrected chi connectivity index (χ3v) is 5.91. The molecule has 2 amide bonds. The summed E-state index contributed by atoms with van der Waals surface area (Å²) in [6, 6.07) is 21.0. The maximum Gasteiger partial charge on any atom is 0.266 e. The van der Waals surface area contributed by atoms with Gasteiger partial charge in [-0.25, -0.2) is 0 Å². The van der Waals surface area contributed by atoms with Gasteiger partial charge in [0.25, 0.3) is 5.91 Å². The minimum Gasteiger partial charge on any atom is -0.310 e. The first-order chi connectivity index (χ1) is 15.0. The third-order valence-electron chi connectivity index (χ3n) is 4.54. The van der Waals surface area contributed by atoms with Gasteiger partial charge in [-0.1, -0.05) is 78.6 Å². The number of allylic oxidation sites excluding steroid dienone is 2. The van der Waals surface area contributed by atoms with Gasteiger partial charge in [-0.05, 0) is 36.3 Å². The Morgan fingerprint density at radius 2 is 1.81 bits per heavy atom. The highest BCUT2D eigenvalue weighted by Crippen LogP contribution is 2.32. The number of thioether (sulfide) groups is 1. The maximum absolute atomic E-state index is 13.0. The second kappa shape index (κ2) is 10.7. The van der Waals surface area contributed by atoms with Gasteiger partial charge < -0.3 is 4.90 Å². The number of carbonyl (C=O) groups excluding carboxylic acids is 2. The van der Waals surface area contributed by atoms with Crippen molar-refractivity contribution in [3.05, 3.63) is 82.8 Å². The zero-order chi connectivity index (χ0) is 22.2. The number of nitriles is 1. The van der Waals surface area contributed by atoms with Gasteiger partial charge in [0.1, 0.15) is 10.9 Å². The Bertz CT molecular complexity index is 1070. The smallest absolute Gasteiger partial charge is 0.266 e. The van der Waals surface area contributed by atoms with Crippen LogP contribution in [0.15, 0.2) is 77.2 Å². The largest absolute Gasteiger partial charge is 0.310 e. The molecule has 3 rings (SSSR count). The molecular formula is C24H21N3O2S2. The molecule has 156 valence electrons. The van der Waals surface area contributed by atoms with Crippen LogP contribution in [0.4, 0.5) is 5.69 Å². The van der Waals surface area contributed by atoms with E-state index in [2.05, 4.69) is 6.07 Å². The summed E-state index contributed by atoms with van der Waals surface area (Å²) in [4.78, 5) is 29.2. The normalized spacial score (nSPS) is 15.3. The molecule has 0 saturated carbocycles. The van der Waals surface area contributed by atoms with E-state index in [1.807, 2.05) is 61.5 Å². The van der Waals surface area contributed by atoms with Crippen molar-refractivity contribution in [3.8, 4) is 6.07 Å². The molecule has 5 nitrogen and oxygen atoms in total. The van der Waals surface area contributed by atoms with Gasteiger partial charge in [-0.2, -0.15) is 5.26 Å². The van der Waals surface area contributed by atoms with Gasteiger partial charge in [0, 0.05) is 12.2 Å². The molecule has 31 heavy (non-hydrogen) atoms. The van der Waals surface area contributed by atoms with Crippen LogP contribution in [0.2, 0.25) is 0 Å². The molecule has 0 radical (unpaired) electrons. The molecule has 0 atom stereocenters. The zero-order valence-corrected chi connectivity index (χ0v) is 18.7. The standard InChI is InChI=1S/C24H21N3O2S2/c1-18(15-19-9-4-2-5-10-19)16-21-23(29)27(24(30)31-21)17-22(28)26(14-8-13-25)20-11-6-3-7-12-20/h2-7,9-12,15-16H,8,14,17H2,1H3/b18-15+,21-16-. The summed E-state index contributed by atoms with van der Waals surface area (Å²) in [6.07, 6.45) is 3.97. The van der Waals surface area contributed by atoms with Crippen LogP contribution in [0.5, 0.6) is 0 Å². The van der Waals surface area contributed by atoms with Gasteiger partial charge >= 0.3 is 0 Å². The van der Waals surface area contributed by atoms with Crippen molar-refractivity contribution in [2.45, 2.75) is 13.3 Å². The van der Waals surface area contributed by atoms with Gasteiger partial charge in [-0.15, -0.1) is 0 Å². The molecule has 1 heterocycles. The molecule has 1 fully saturated rings. The molecule has 0 aromatic heterocycles. The molecule has 1 saturated heterocycles. The molecule has 0 N–H and O–H groups in total. The lowest BCUT2D eigenvalue weighted by atomic mass is 10.1. The number of amides is 2. The number of nitrogens with zero attached hydrogens (tertiary/aromatic N) is 3. The molecule has 0 unspecified atom stereocenters. The molecule has 0 bridgehead atoms. The predicted molar refractivity (Wildman–Crippen MR) is 129 cm³/mol. The molecule has 0 spiro atoms. The first-order valence-electron chi connectivity index (χ1n) is 9.70. The average molecular weight is 448 g/mol. The van der Waals surface area contributed by atoms with Crippen LogP contribution in [-0.2, 0) is 9.59 Å². The number of hydrogen-bond acceptors (Lipinski definition) is 5. The Labute approximate surface area is 191 Å². The molecule has 2 aromatic rings. The number of thiocarbonyl (C=S) groups is 1. The van der Waals surface area contributed by atoms with Crippen LogP contribution in [0.25, 0.3) is 6.08 Å². The quantitative estimate of drug-likeness (QED) is 0.451. The van der Waals surface area contributed by atoms with Crippen molar-refractivity contribution in [2.75, 3.05) is 18.0 Å². The van der Waals surface area contributed by atoms with Crippen molar-refractivity contribution in [3.63, 3.8) is 0 Å². The van der Waals surface area contributed by atoms with Gasteiger partial charge in [-0.3, -0.25) is 14.5 Å². The fourth-order valence-electron chi connectivity index (χ4n) is 3.09. The first-order valence-corrected chi connectivity index (χ1v) is 10.9. The lowest BCUT2D eigenvalue weighted by Crippen LogP contribution is -2.42. The lowest BCUT2D eigenvalue weighted by molar-refractivity contribution is -0.127. The number of anilines is 1. The summed E-state index contributed by atoms with van der Waals surface area (Å²) < 4.78 is 0.352. The minimum atomic E-state index is -0.282. The van der Waals surface area contributed by atoms with E-state index in [1.165, 1.54) is 21.6 Å². The Morgan fingerprint density at radius 1 is 1.16 bits per heavy atom. The number of hydrogen-bond donors (Lipinski definition) is 0. The monoisotopic (exact) mass is 447 g/mol. The molecule has 2 aromatic carbocycles. The topological polar surface area (TPSA) is 64.4 Å². The Morgan fingerprint density at radius 3 is 2.45 bits per heavy atom. The second-order valence-corrected chi connectivity index (χ2v) is 8.53. The van der Waals surface area contributed by atoms with E-state index in [1.54, 1.807) is 18.2 Å². The summed E-state index contributed by atoms with van der Waals surface area (Å²) >= 11 is 6.56. The van der Waals surface area contributed by atoms with Crippen molar-refractivity contribution < 1.29 is 9.59 Å². The fraction of sp³-hybridized carbons (Fsp3) is 0.167. The van der Waals surface area contributed by atoms with Gasteiger partial charge in [0.15, 0.2) is 0 Å². The van der Waals surface area contributed by atoms with Crippen molar-refractivity contribution in [1.82, 2.24) is 4.90 Å². The van der Waals surface area contributed by atoms with E-state index in [0.29, 0.717) is 14.9 Å². The van der Waals surface area contributed by atoms with E-state index < -0.39 is 0 Å². The van der Waals surface area contributed by atoms with E-state index in [0.717, 1.165) is 11.1 Å². The molecule has 7 heteroatoms. The summed E-state index contributed by atoms with van der Waals surface area (Å²) in [5.74, 6) is -0.562. The van der Waals surface area contributed by atoms with Crippen LogP contribution in [0, 0.1) is 11.3 Å². The summed E-state index contributed by atoms with van der Waals surface area (Å²) in [5.41, 5.74) is 2.64. The van der Waals surface area contributed by atoms with Crippen molar-refractivity contribution in [1.29, 1.82) is 5.26 Å². The first kappa shape index (κ1) is 22.5. The number of para-hydroxylation sites is 1. The SMILES string of the molecule is CC(/C=C1\SC(=S)N(CC(=O)N(CCC#N)c2ccccc2)C1=O)=C\c1ccccc1. The van der Waals surface area contributed by atoms with E-state index in [9.17, 15) is 9.59 Å². The summed E-state index contributed by atoms with van der Waals surface area (Å²) in [7, 11) is 0. The average Bonchev–Trinajstić information content (AvgIpc) is 3.02. The molecule has 0 aliphatic carbocycles. The molecular weight excluding hydrogens is 426 g/mol. The Balaban J connectivity index is 1.75. The van der Waals surface area contributed by atoms with Crippen LogP contribution in [0.3, 0.4) is 0 Å². The lowest BCUT2D eigenvalue weighted by Gasteiger charge is -2.24. The predicted octanol–water partition coefficient (Wildman–Crippen LogP) is 4.78. The van der Waals surface area contributed by atoms with E-state index in [-0.39, 0.29) is 31.3 Å². The molecule has 1 aliphatic heterocycles. The number of rotatable bonds is 7. The van der Waals surface area contributed by atoms with Crippen LogP contribution in [0.1, 0.15) is 18.9 Å². The highest BCUT2D eigenvalue weighted by atomic mass is 32.2. The Kier molecular flexibility index (Phi) is 7.76. The fourth-order valence-corrected chi connectivity index (χ4v) is 4.39. The maximum atomic E-state index is 13.0. The van der Waals surface area contributed by atoms with Gasteiger partial charge in [0.05, 0.1) is 17.4 Å². The summed E-state index contributed by atoms with van der Waals surface area (Å²) in [5, 5.41) is 8.95. The third kappa shape index (κ3) is 5.91. The van der Waals surface area contributed by atoms with E-state index >= 15 is 0 Å². The van der Waals surface area contributed by atoms with E-state index in [4.69, 9.17) is 17.5 Å². The highest BCUT2D eigenvalue weighted by molar-refractivity contribution is 8.26. The van der Waals surface area contributed by atoms with Crippen LogP contribution < -0.4 is 4.90 Å². The van der Waals surface area contributed by atoms with Crippen LogP contribution in [-0.4, -0.2) is 34.1 Å². The van der Waals surface area contributed by atoms with Crippen LogP contribution >= 0.6 is 24.0 Å². The van der Waals surface area contributed by atoms with Gasteiger partial charge in [0.2, 0.25) is 5.91 Å². The molecule has 1 aliphatic rings. The summed E-state index contributed by atoms with van der Waals surface area (Å²) in [6.45, 7) is 2.01. The Hall–Kier alpha value is -3.21. The minimum absolute atomic E-state index is 0.163. The number of carbonyl (C=O) groups is 2. The highest BCUT2D eigenvalue weighted by Gasteiger charge is 2.34. The second-order valence-electron chi connectivity index (χ2n) is 6.86. The number of benzene rings is 2.